The van der Waals surface area contributed by atoms with Crippen LogP contribution in [-0.4, -0.2) is 26.0 Å². The van der Waals surface area contributed by atoms with Crippen molar-refractivity contribution in [2.45, 2.75) is 19.3 Å². The molecule has 0 spiro atoms. The Bertz CT molecular complexity index is 397. The number of hydrogen-bond donors (Lipinski definition) is 2. The van der Waals surface area contributed by atoms with Gasteiger partial charge in [-0.3, -0.25) is 4.79 Å². The van der Waals surface area contributed by atoms with E-state index in [0.717, 1.165) is 18.5 Å². The zero-order valence-electron chi connectivity index (χ0n) is 10.4. The van der Waals surface area contributed by atoms with Crippen LogP contribution in [0.1, 0.15) is 18.4 Å². The normalized spacial score (nSPS) is 10.4. The van der Waals surface area contributed by atoms with Gasteiger partial charge in [0.1, 0.15) is 0 Å². The van der Waals surface area contributed by atoms with Gasteiger partial charge in [0.2, 0.25) is 5.91 Å². The van der Waals surface area contributed by atoms with Crippen LogP contribution in [0.25, 0.3) is 0 Å². The maximum absolute atomic E-state index is 11.5. The summed E-state index contributed by atoms with van der Waals surface area (Å²) >= 11 is 12.0. The van der Waals surface area contributed by atoms with Crippen molar-refractivity contribution in [3.05, 3.63) is 33.8 Å². The van der Waals surface area contributed by atoms with Crippen LogP contribution < -0.4 is 10.6 Å². The number of benzene rings is 1. The predicted molar refractivity (Wildman–Crippen MR) is 76.3 cm³/mol. The summed E-state index contributed by atoms with van der Waals surface area (Å²) in [4.78, 5) is 11.5. The summed E-state index contributed by atoms with van der Waals surface area (Å²) in [6.45, 7) is 1.44. The van der Waals surface area contributed by atoms with Gasteiger partial charge in [-0.1, -0.05) is 35.3 Å². The van der Waals surface area contributed by atoms with Gasteiger partial charge in [-0.05, 0) is 38.1 Å². The minimum atomic E-state index is 0.0726. The van der Waals surface area contributed by atoms with Crippen molar-refractivity contribution in [2.75, 3.05) is 20.1 Å². The van der Waals surface area contributed by atoms with Crippen LogP contribution in [0.15, 0.2) is 18.2 Å². The average Bonchev–Trinajstić information content (AvgIpc) is 2.35. The standard InChI is InChI=1S/C13H18Cl2N2O/c1-16-8-3-6-12(18)17-9-7-10-4-2-5-11(14)13(10)15/h2,4-5,16H,3,6-9H2,1H3,(H,17,18). The highest BCUT2D eigenvalue weighted by Crippen LogP contribution is 2.25. The van der Waals surface area contributed by atoms with E-state index < -0.39 is 0 Å². The Labute approximate surface area is 118 Å². The molecule has 0 radical (unpaired) electrons. The molecule has 5 heteroatoms. The lowest BCUT2D eigenvalue weighted by Gasteiger charge is -2.07. The summed E-state index contributed by atoms with van der Waals surface area (Å²) < 4.78 is 0. The summed E-state index contributed by atoms with van der Waals surface area (Å²) in [7, 11) is 1.87. The quantitative estimate of drug-likeness (QED) is 0.758. The Morgan fingerprint density at radius 3 is 2.78 bits per heavy atom. The predicted octanol–water partition coefficient (Wildman–Crippen LogP) is 2.65. The first-order valence-corrected chi connectivity index (χ1v) is 6.75. The van der Waals surface area contributed by atoms with Gasteiger partial charge in [-0.25, -0.2) is 0 Å². The monoisotopic (exact) mass is 288 g/mol. The van der Waals surface area contributed by atoms with Crippen LogP contribution in [0.2, 0.25) is 10.0 Å². The lowest BCUT2D eigenvalue weighted by Crippen LogP contribution is -2.26. The topological polar surface area (TPSA) is 41.1 Å². The molecule has 0 heterocycles. The number of hydrogen-bond acceptors (Lipinski definition) is 2. The number of rotatable bonds is 7. The molecule has 0 atom stereocenters. The lowest BCUT2D eigenvalue weighted by molar-refractivity contribution is -0.121. The van der Waals surface area contributed by atoms with Crippen LogP contribution in [-0.2, 0) is 11.2 Å². The molecule has 0 bridgehead atoms. The molecule has 1 aromatic rings. The summed E-state index contributed by atoms with van der Waals surface area (Å²) in [6.07, 6.45) is 2.08. The molecule has 0 fully saturated rings. The molecule has 0 aliphatic carbocycles. The Balaban J connectivity index is 2.29. The fourth-order valence-corrected chi connectivity index (χ4v) is 2.01. The van der Waals surface area contributed by atoms with Crippen LogP contribution >= 0.6 is 23.2 Å². The molecule has 3 nitrogen and oxygen atoms in total. The van der Waals surface area contributed by atoms with E-state index in [1.54, 1.807) is 6.07 Å². The number of carbonyl (C=O) groups is 1. The van der Waals surface area contributed by atoms with Gasteiger partial charge in [0, 0.05) is 13.0 Å². The molecule has 0 saturated heterocycles. The third kappa shape index (κ3) is 5.25. The van der Waals surface area contributed by atoms with Crippen molar-refractivity contribution in [3.8, 4) is 0 Å². The van der Waals surface area contributed by atoms with Crippen molar-refractivity contribution in [1.82, 2.24) is 10.6 Å². The van der Waals surface area contributed by atoms with E-state index in [4.69, 9.17) is 23.2 Å². The molecule has 1 rings (SSSR count). The van der Waals surface area contributed by atoms with Crippen molar-refractivity contribution in [3.63, 3.8) is 0 Å². The summed E-state index contributed by atoms with van der Waals surface area (Å²) in [5.41, 5.74) is 0.958. The molecule has 0 unspecified atom stereocenters. The molecule has 1 aromatic carbocycles. The number of carbonyl (C=O) groups excluding carboxylic acids is 1. The molecule has 0 saturated carbocycles. The van der Waals surface area contributed by atoms with E-state index in [1.165, 1.54) is 0 Å². The van der Waals surface area contributed by atoms with E-state index in [2.05, 4.69) is 10.6 Å². The van der Waals surface area contributed by atoms with Gasteiger partial charge in [0.25, 0.3) is 0 Å². The molecule has 0 aliphatic heterocycles. The van der Waals surface area contributed by atoms with Crippen molar-refractivity contribution < 1.29 is 4.79 Å². The van der Waals surface area contributed by atoms with E-state index in [0.29, 0.717) is 29.4 Å². The molecular weight excluding hydrogens is 271 g/mol. The Morgan fingerprint density at radius 1 is 1.28 bits per heavy atom. The van der Waals surface area contributed by atoms with E-state index in [1.807, 2.05) is 19.2 Å². The minimum absolute atomic E-state index is 0.0726. The Kier molecular flexibility index (Phi) is 7.09. The first-order valence-electron chi connectivity index (χ1n) is 5.99. The van der Waals surface area contributed by atoms with Gasteiger partial charge in [0.15, 0.2) is 0 Å². The molecule has 0 aliphatic rings. The largest absolute Gasteiger partial charge is 0.356 e. The maximum Gasteiger partial charge on any atom is 0.220 e. The van der Waals surface area contributed by atoms with Gasteiger partial charge in [-0.15, -0.1) is 0 Å². The SMILES string of the molecule is CNCCCC(=O)NCCc1cccc(Cl)c1Cl. The molecule has 0 aromatic heterocycles. The first kappa shape index (κ1) is 15.3. The van der Waals surface area contributed by atoms with E-state index in [-0.39, 0.29) is 5.91 Å². The minimum Gasteiger partial charge on any atom is -0.356 e. The smallest absolute Gasteiger partial charge is 0.220 e. The van der Waals surface area contributed by atoms with Crippen molar-refractivity contribution in [1.29, 1.82) is 0 Å². The second-order valence-corrected chi connectivity index (χ2v) is 4.81. The third-order valence-corrected chi connectivity index (χ3v) is 3.44. The van der Waals surface area contributed by atoms with Gasteiger partial charge < -0.3 is 10.6 Å². The third-order valence-electron chi connectivity index (χ3n) is 2.58. The molecule has 2 N–H and O–H groups in total. The van der Waals surface area contributed by atoms with Crippen LogP contribution in [0.4, 0.5) is 0 Å². The summed E-state index contributed by atoms with van der Waals surface area (Å²) in [5, 5.41) is 7.00. The van der Waals surface area contributed by atoms with Gasteiger partial charge in [0.05, 0.1) is 10.0 Å². The first-order chi connectivity index (χ1) is 8.65. The molecular formula is C13H18Cl2N2O. The average molecular weight is 289 g/mol. The van der Waals surface area contributed by atoms with Crippen molar-refractivity contribution >= 4 is 29.1 Å². The van der Waals surface area contributed by atoms with Crippen LogP contribution in [0.5, 0.6) is 0 Å². The van der Waals surface area contributed by atoms with Crippen molar-refractivity contribution in [2.24, 2.45) is 0 Å². The fraction of sp³-hybridized carbons (Fsp3) is 0.462. The second-order valence-electron chi connectivity index (χ2n) is 4.02. The number of halogens is 2. The lowest BCUT2D eigenvalue weighted by atomic mass is 10.1. The Morgan fingerprint density at radius 2 is 2.06 bits per heavy atom. The second kappa shape index (κ2) is 8.35. The number of amides is 1. The number of nitrogens with one attached hydrogen (secondary N) is 2. The Hall–Kier alpha value is -0.770. The fourth-order valence-electron chi connectivity index (χ4n) is 1.59. The van der Waals surface area contributed by atoms with E-state index in [9.17, 15) is 4.79 Å². The molecule has 18 heavy (non-hydrogen) atoms. The van der Waals surface area contributed by atoms with E-state index >= 15 is 0 Å². The molecule has 1 amide bonds. The van der Waals surface area contributed by atoms with Crippen LogP contribution in [0, 0.1) is 0 Å². The molecule has 100 valence electrons. The summed E-state index contributed by atoms with van der Waals surface area (Å²) in [6, 6.07) is 5.53. The van der Waals surface area contributed by atoms with Gasteiger partial charge in [-0.2, -0.15) is 0 Å². The zero-order valence-corrected chi connectivity index (χ0v) is 11.9. The highest BCUT2D eigenvalue weighted by Gasteiger charge is 2.05. The van der Waals surface area contributed by atoms with Crippen LogP contribution in [0.3, 0.4) is 0 Å². The maximum atomic E-state index is 11.5. The van der Waals surface area contributed by atoms with Gasteiger partial charge >= 0.3 is 0 Å². The zero-order chi connectivity index (χ0) is 13.4. The highest BCUT2D eigenvalue weighted by molar-refractivity contribution is 6.42. The summed E-state index contributed by atoms with van der Waals surface area (Å²) in [5.74, 6) is 0.0726. The highest BCUT2D eigenvalue weighted by atomic mass is 35.5.